The fourth-order valence-electron chi connectivity index (χ4n) is 8.21. The number of aryl methyl sites for hydroxylation is 1. The number of rotatable bonds is 4. The van der Waals surface area contributed by atoms with Crippen molar-refractivity contribution in [1.82, 2.24) is 14.5 Å². The lowest BCUT2D eigenvalue weighted by atomic mass is 9.70. The smallest absolute Gasteiger partial charge is 0.337 e. The van der Waals surface area contributed by atoms with E-state index in [2.05, 4.69) is 14.8 Å². The number of imidazole rings is 1. The first-order valence-electron chi connectivity index (χ1n) is 14.7. The van der Waals surface area contributed by atoms with Crippen LogP contribution in [0.3, 0.4) is 0 Å². The number of halogens is 3. The van der Waals surface area contributed by atoms with Crippen molar-refractivity contribution in [2.24, 2.45) is 5.92 Å². The molecule has 1 aliphatic carbocycles. The summed E-state index contributed by atoms with van der Waals surface area (Å²) in [4.78, 5) is 34.4. The SMILES string of the molecule is C.COC(=O)c1ccc2c(c1)nc1n2CC[C@H]2[C@@H]1[C@H](c1cccc(Cl)c1F)[C@]1(C(=O)Nc3cc(Cl)ccc31)N2CC1CCC1. The maximum Gasteiger partial charge on any atom is 0.337 e. The van der Waals surface area contributed by atoms with E-state index >= 15 is 4.39 Å². The second-order valence-corrected chi connectivity index (χ2v) is 13.0. The molecule has 7 nitrogen and oxygen atoms in total. The molecule has 0 unspecified atom stereocenters. The van der Waals surface area contributed by atoms with Crippen LogP contribution >= 0.6 is 23.2 Å². The van der Waals surface area contributed by atoms with Crippen molar-refractivity contribution in [3.8, 4) is 0 Å². The highest BCUT2D eigenvalue weighted by atomic mass is 35.5. The largest absolute Gasteiger partial charge is 0.465 e. The number of benzene rings is 3. The van der Waals surface area contributed by atoms with E-state index < -0.39 is 23.2 Å². The van der Waals surface area contributed by atoms with Gasteiger partial charge in [-0.05, 0) is 67.1 Å². The number of carbonyl (C=O) groups is 2. The molecule has 0 radical (unpaired) electrons. The molecule has 4 aromatic rings. The van der Waals surface area contributed by atoms with Crippen LogP contribution in [0.15, 0.2) is 54.6 Å². The van der Waals surface area contributed by atoms with Crippen molar-refractivity contribution in [2.75, 3.05) is 19.0 Å². The van der Waals surface area contributed by atoms with Crippen LogP contribution in [0.2, 0.25) is 10.0 Å². The van der Waals surface area contributed by atoms with Gasteiger partial charge in [-0.1, -0.05) is 55.2 Å². The molecule has 8 rings (SSSR count). The summed E-state index contributed by atoms with van der Waals surface area (Å²) in [7, 11) is 1.35. The first-order chi connectivity index (χ1) is 20.8. The third-order valence-corrected chi connectivity index (χ3v) is 10.7. The Labute approximate surface area is 265 Å². The fraction of sp³-hybridized carbons (Fsp3) is 0.382. The molecule has 44 heavy (non-hydrogen) atoms. The number of esters is 1. The number of hydrogen-bond donors (Lipinski definition) is 1. The van der Waals surface area contributed by atoms with E-state index in [0.717, 1.165) is 42.7 Å². The molecule has 3 aliphatic heterocycles. The molecule has 4 atom stereocenters. The van der Waals surface area contributed by atoms with Crippen LogP contribution in [0.1, 0.15) is 72.3 Å². The summed E-state index contributed by atoms with van der Waals surface area (Å²) in [6.07, 6.45) is 4.13. The lowest BCUT2D eigenvalue weighted by molar-refractivity contribution is -0.128. The van der Waals surface area contributed by atoms with Crippen LogP contribution in [0.4, 0.5) is 10.1 Å². The molecule has 1 saturated heterocycles. The van der Waals surface area contributed by atoms with Crippen molar-refractivity contribution in [2.45, 2.75) is 63.1 Å². The highest BCUT2D eigenvalue weighted by Gasteiger charge is 2.68. The topological polar surface area (TPSA) is 76.5 Å². The molecule has 0 bridgehead atoms. The lowest BCUT2D eigenvalue weighted by Crippen LogP contribution is -2.54. The number of nitrogens with one attached hydrogen (secondary N) is 1. The Morgan fingerprint density at radius 3 is 2.70 bits per heavy atom. The Morgan fingerprint density at radius 1 is 1.14 bits per heavy atom. The molecule has 1 spiro atoms. The number of methoxy groups -OCH3 is 1. The molecule has 4 heterocycles. The van der Waals surface area contributed by atoms with Gasteiger partial charge in [-0.3, -0.25) is 9.69 Å². The zero-order valence-corrected chi connectivity index (χ0v) is 25.0. The van der Waals surface area contributed by atoms with Crippen molar-refractivity contribution in [1.29, 1.82) is 0 Å². The summed E-state index contributed by atoms with van der Waals surface area (Å²) >= 11 is 12.8. The average molecular weight is 636 g/mol. The monoisotopic (exact) mass is 634 g/mol. The summed E-state index contributed by atoms with van der Waals surface area (Å²) in [5, 5.41) is 3.67. The first-order valence-corrected chi connectivity index (χ1v) is 15.5. The number of carbonyl (C=O) groups excluding carboxylic acids is 2. The van der Waals surface area contributed by atoms with Crippen molar-refractivity contribution < 1.29 is 18.7 Å². The Hall–Kier alpha value is -3.46. The predicted octanol–water partition coefficient (Wildman–Crippen LogP) is 7.51. The van der Waals surface area contributed by atoms with Gasteiger partial charge in [0.1, 0.15) is 17.2 Å². The summed E-state index contributed by atoms with van der Waals surface area (Å²) in [6.45, 7) is 1.41. The van der Waals surface area contributed by atoms with Crippen LogP contribution in [0, 0.1) is 11.7 Å². The van der Waals surface area contributed by atoms with Crippen LogP contribution in [0.5, 0.6) is 0 Å². The van der Waals surface area contributed by atoms with E-state index in [9.17, 15) is 9.59 Å². The minimum absolute atomic E-state index is 0. The number of fused-ring (bicyclic) bond motifs is 7. The summed E-state index contributed by atoms with van der Waals surface area (Å²) < 4.78 is 23.4. The summed E-state index contributed by atoms with van der Waals surface area (Å²) in [5.41, 5.74) is 2.62. The van der Waals surface area contributed by atoms with Crippen LogP contribution < -0.4 is 5.32 Å². The van der Waals surface area contributed by atoms with Crippen LogP contribution in [-0.4, -0.2) is 46.0 Å². The van der Waals surface area contributed by atoms with E-state index in [1.54, 1.807) is 42.5 Å². The fourth-order valence-corrected chi connectivity index (χ4v) is 8.57. The molecule has 228 valence electrons. The van der Waals surface area contributed by atoms with Gasteiger partial charge >= 0.3 is 5.97 Å². The van der Waals surface area contributed by atoms with Gasteiger partial charge in [0.25, 0.3) is 0 Å². The van der Waals surface area contributed by atoms with Crippen molar-refractivity contribution >= 4 is 51.8 Å². The average Bonchev–Trinajstić information content (AvgIpc) is 3.59. The van der Waals surface area contributed by atoms with Gasteiger partial charge in [-0.2, -0.15) is 0 Å². The van der Waals surface area contributed by atoms with Gasteiger partial charge < -0.3 is 14.6 Å². The van der Waals surface area contributed by atoms with E-state index in [0.29, 0.717) is 39.8 Å². The number of anilines is 1. The molecule has 1 amide bonds. The maximum absolute atomic E-state index is 16.3. The third kappa shape index (κ3) is 3.93. The Morgan fingerprint density at radius 2 is 1.95 bits per heavy atom. The Kier molecular flexibility index (Phi) is 7.03. The molecule has 10 heteroatoms. The number of ether oxygens (including phenoxy) is 1. The molecular weight excluding hydrogens is 602 g/mol. The van der Waals surface area contributed by atoms with Gasteiger partial charge in [0.15, 0.2) is 0 Å². The maximum atomic E-state index is 16.3. The molecule has 1 aromatic heterocycles. The molecule has 1 N–H and O–H groups in total. The van der Waals surface area contributed by atoms with Crippen molar-refractivity contribution in [3.05, 3.63) is 93.0 Å². The van der Waals surface area contributed by atoms with Gasteiger partial charge in [0.05, 0.1) is 28.7 Å². The minimum atomic E-state index is -1.19. The normalized spacial score (nSPS) is 25.6. The highest BCUT2D eigenvalue weighted by Crippen LogP contribution is 2.64. The molecular formula is C34H33Cl2FN4O3. The molecule has 4 aliphatic rings. The van der Waals surface area contributed by atoms with Crippen molar-refractivity contribution in [3.63, 3.8) is 0 Å². The quantitative estimate of drug-likeness (QED) is 0.235. The van der Waals surface area contributed by atoms with E-state index in [4.69, 9.17) is 32.9 Å². The number of hydrogen-bond acceptors (Lipinski definition) is 5. The zero-order valence-electron chi connectivity index (χ0n) is 23.4. The number of nitrogens with zero attached hydrogens (tertiary/aromatic N) is 3. The summed E-state index contributed by atoms with van der Waals surface area (Å²) in [6, 6.07) is 15.9. The predicted molar refractivity (Wildman–Crippen MR) is 169 cm³/mol. The van der Waals surface area contributed by atoms with Crippen LogP contribution in [0.25, 0.3) is 11.0 Å². The molecule has 2 fully saturated rings. The molecule has 3 aromatic carbocycles. The van der Waals surface area contributed by atoms with Gasteiger partial charge in [0, 0.05) is 47.2 Å². The second-order valence-electron chi connectivity index (χ2n) is 12.2. The Balaban J connectivity index is 0.00000312. The van der Waals surface area contributed by atoms with Gasteiger partial charge in [0.2, 0.25) is 5.91 Å². The summed E-state index contributed by atoms with van der Waals surface area (Å²) in [5.74, 6) is -0.865. The highest BCUT2D eigenvalue weighted by molar-refractivity contribution is 6.31. The van der Waals surface area contributed by atoms with E-state index in [1.807, 2.05) is 12.1 Å². The number of amides is 1. The van der Waals surface area contributed by atoms with E-state index in [1.165, 1.54) is 13.5 Å². The Bertz CT molecular complexity index is 1840. The third-order valence-electron chi connectivity index (χ3n) is 10.2. The van der Waals surface area contributed by atoms with Gasteiger partial charge in [-0.15, -0.1) is 0 Å². The standard InChI is InChI=1S/C33H29Cl2FN4O3.CH4/c1-43-31(41)18-8-11-25-24(14-18)37-30-27-26(12-13-39(25)30)40(16-17-4-2-5-17)33(28(27)20-6-3-7-22(35)29(20)36)21-10-9-19(34)15-23(21)38-32(33)42;/h3,6-11,14-15,17,26-28H,2,4-5,12-13,16H2,1H3,(H,38,42);1H4/t26-,27+,28-,33+;/m0./s1. The van der Waals surface area contributed by atoms with Crippen LogP contribution in [-0.2, 0) is 21.6 Å². The number of aromatic nitrogens is 2. The van der Waals surface area contributed by atoms with Gasteiger partial charge in [-0.25, -0.2) is 14.2 Å². The second kappa shape index (κ2) is 10.6. The lowest BCUT2D eigenvalue weighted by Gasteiger charge is -2.43. The minimum Gasteiger partial charge on any atom is -0.465 e. The van der Waals surface area contributed by atoms with E-state index in [-0.39, 0.29) is 30.3 Å². The molecule has 1 saturated carbocycles. The zero-order chi connectivity index (χ0) is 29.6. The first kappa shape index (κ1) is 29.3. The number of likely N-dealkylation sites (tertiary alicyclic amines) is 1.